The first-order chi connectivity index (χ1) is 13.8. The Morgan fingerprint density at radius 1 is 1.03 bits per heavy atom. The van der Waals surface area contributed by atoms with E-state index in [0.29, 0.717) is 28.2 Å². The lowest BCUT2D eigenvalue weighted by Gasteiger charge is -2.14. The van der Waals surface area contributed by atoms with Crippen LogP contribution in [0.1, 0.15) is 13.3 Å². The van der Waals surface area contributed by atoms with Crippen LogP contribution in [0.25, 0.3) is 0 Å². The molecule has 0 heterocycles. The summed E-state index contributed by atoms with van der Waals surface area (Å²) in [6.45, 7) is 2.30. The third-order valence-corrected chi connectivity index (χ3v) is 5.74. The number of anilines is 2. The second-order valence-electron chi connectivity index (χ2n) is 5.92. The average molecular weight is 487 g/mol. The summed E-state index contributed by atoms with van der Waals surface area (Å²) in [7, 11) is -1.10. The second kappa shape index (κ2) is 10.5. The van der Waals surface area contributed by atoms with Gasteiger partial charge in [0.15, 0.2) is 0 Å². The van der Waals surface area contributed by atoms with Crippen molar-refractivity contribution < 1.29 is 27.4 Å². The van der Waals surface area contributed by atoms with Gasteiger partial charge in [0.05, 0.1) is 24.4 Å². The van der Waals surface area contributed by atoms with Gasteiger partial charge in [-0.3, -0.25) is 9.52 Å². The minimum atomic E-state index is -3.99. The van der Waals surface area contributed by atoms with Crippen LogP contribution in [-0.4, -0.2) is 41.8 Å². The summed E-state index contributed by atoms with van der Waals surface area (Å²) < 4.78 is 44.4. The Balaban J connectivity index is 2.26. The number of carbonyl (C=O) groups is 1. The van der Waals surface area contributed by atoms with Gasteiger partial charge in [-0.1, -0.05) is 6.92 Å². The number of nitrogens with one attached hydrogen (secondary N) is 2. The molecule has 1 amide bonds. The zero-order valence-corrected chi connectivity index (χ0v) is 18.7. The molecular weight excluding hydrogens is 464 g/mol. The lowest BCUT2D eigenvalue weighted by atomic mass is 10.3. The quantitative estimate of drug-likeness (QED) is 0.497. The number of sulfonamides is 1. The minimum Gasteiger partial charge on any atom is -0.496 e. The fraction of sp³-hybridized carbons (Fsp3) is 0.316. The molecule has 2 rings (SSSR count). The van der Waals surface area contributed by atoms with Gasteiger partial charge >= 0.3 is 0 Å². The molecule has 0 saturated heterocycles. The van der Waals surface area contributed by atoms with Crippen LogP contribution < -0.4 is 19.5 Å². The second-order valence-corrected chi connectivity index (χ2v) is 8.43. The summed E-state index contributed by atoms with van der Waals surface area (Å²) in [6.07, 6.45) is 0.797. The first-order valence-electron chi connectivity index (χ1n) is 8.72. The molecule has 0 aliphatic heterocycles. The van der Waals surface area contributed by atoms with Crippen LogP contribution in [0, 0.1) is 0 Å². The Bertz CT molecular complexity index is 965. The monoisotopic (exact) mass is 486 g/mol. The number of hydrogen-bond donors (Lipinski definition) is 2. The normalized spacial score (nSPS) is 11.0. The van der Waals surface area contributed by atoms with E-state index in [4.69, 9.17) is 14.2 Å². The Kier molecular flexibility index (Phi) is 8.30. The van der Waals surface area contributed by atoms with Gasteiger partial charge in [-0.15, -0.1) is 0 Å². The SMILES string of the molecule is CCCOCC(=O)Nc1ccc(OC)c(S(=O)(=O)Nc2ccc(OC)c(Br)c2)c1. The molecule has 2 aromatic rings. The number of benzene rings is 2. The Morgan fingerprint density at radius 2 is 1.69 bits per heavy atom. The van der Waals surface area contributed by atoms with E-state index in [9.17, 15) is 13.2 Å². The average Bonchev–Trinajstić information content (AvgIpc) is 2.68. The maximum atomic E-state index is 12.9. The lowest BCUT2D eigenvalue weighted by Crippen LogP contribution is -2.19. The summed E-state index contributed by atoms with van der Waals surface area (Å²) in [5.41, 5.74) is 0.648. The van der Waals surface area contributed by atoms with E-state index in [1.54, 1.807) is 24.3 Å². The number of carbonyl (C=O) groups excluding carboxylic acids is 1. The molecule has 29 heavy (non-hydrogen) atoms. The highest BCUT2D eigenvalue weighted by molar-refractivity contribution is 9.10. The van der Waals surface area contributed by atoms with Crippen molar-refractivity contribution in [1.82, 2.24) is 0 Å². The van der Waals surface area contributed by atoms with Crippen molar-refractivity contribution >= 4 is 43.2 Å². The van der Waals surface area contributed by atoms with Crippen molar-refractivity contribution in [3.8, 4) is 11.5 Å². The molecule has 0 aromatic heterocycles. The molecule has 8 nitrogen and oxygen atoms in total. The molecule has 158 valence electrons. The first kappa shape index (κ1) is 23.0. The van der Waals surface area contributed by atoms with Crippen molar-refractivity contribution in [3.05, 3.63) is 40.9 Å². The number of methoxy groups -OCH3 is 2. The molecule has 0 fully saturated rings. The highest BCUT2D eigenvalue weighted by Crippen LogP contribution is 2.32. The molecule has 0 saturated carbocycles. The highest BCUT2D eigenvalue weighted by atomic mass is 79.9. The van der Waals surface area contributed by atoms with E-state index in [1.807, 2.05) is 6.92 Å². The number of hydrogen-bond acceptors (Lipinski definition) is 6. The predicted octanol–water partition coefficient (Wildman–Crippen LogP) is 3.63. The number of halogens is 1. The van der Waals surface area contributed by atoms with Crippen molar-refractivity contribution in [3.63, 3.8) is 0 Å². The Morgan fingerprint density at radius 3 is 2.31 bits per heavy atom. The molecule has 0 unspecified atom stereocenters. The molecule has 0 radical (unpaired) electrons. The van der Waals surface area contributed by atoms with E-state index >= 15 is 0 Å². The number of rotatable bonds is 10. The fourth-order valence-corrected chi connectivity index (χ4v) is 4.20. The molecular formula is C19H23BrN2O6S. The van der Waals surface area contributed by atoms with Gasteiger partial charge in [0.2, 0.25) is 5.91 Å². The summed E-state index contributed by atoms with van der Waals surface area (Å²) in [5.74, 6) is 0.338. The van der Waals surface area contributed by atoms with Crippen molar-refractivity contribution in [2.45, 2.75) is 18.2 Å². The standard InChI is InChI=1S/C19H23BrN2O6S/c1-4-9-28-12-19(23)21-13-5-8-17(27-3)18(11-13)29(24,25)22-14-6-7-16(26-2)15(20)10-14/h5-8,10-11,22H,4,9,12H2,1-3H3,(H,21,23). The smallest absolute Gasteiger partial charge is 0.265 e. The van der Waals surface area contributed by atoms with E-state index in [-0.39, 0.29) is 23.2 Å². The summed E-state index contributed by atoms with van der Waals surface area (Å²) in [6, 6.07) is 9.15. The lowest BCUT2D eigenvalue weighted by molar-refractivity contribution is -0.120. The van der Waals surface area contributed by atoms with Gasteiger partial charge in [0.1, 0.15) is 23.0 Å². The van der Waals surface area contributed by atoms with Crippen molar-refractivity contribution in [2.75, 3.05) is 37.5 Å². The zero-order valence-electron chi connectivity index (χ0n) is 16.3. The predicted molar refractivity (Wildman–Crippen MR) is 114 cm³/mol. The van der Waals surface area contributed by atoms with Crippen molar-refractivity contribution in [2.24, 2.45) is 0 Å². The largest absolute Gasteiger partial charge is 0.496 e. The van der Waals surface area contributed by atoms with Gasteiger partial charge in [-0.05, 0) is 58.7 Å². The van der Waals surface area contributed by atoms with Crippen LogP contribution >= 0.6 is 15.9 Å². The molecule has 10 heteroatoms. The zero-order chi connectivity index (χ0) is 21.4. The van der Waals surface area contributed by atoms with Crippen LogP contribution in [-0.2, 0) is 19.6 Å². The fourth-order valence-electron chi connectivity index (χ4n) is 2.41. The summed E-state index contributed by atoms with van der Waals surface area (Å²) >= 11 is 3.32. The topological polar surface area (TPSA) is 103 Å². The van der Waals surface area contributed by atoms with E-state index in [2.05, 4.69) is 26.0 Å². The van der Waals surface area contributed by atoms with Gasteiger partial charge < -0.3 is 19.5 Å². The maximum Gasteiger partial charge on any atom is 0.265 e. The maximum absolute atomic E-state index is 12.9. The third-order valence-electron chi connectivity index (χ3n) is 3.72. The highest BCUT2D eigenvalue weighted by Gasteiger charge is 2.21. The van der Waals surface area contributed by atoms with Crippen LogP contribution in [0.3, 0.4) is 0 Å². The van der Waals surface area contributed by atoms with Gasteiger partial charge in [-0.2, -0.15) is 0 Å². The van der Waals surface area contributed by atoms with Crippen LogP contribution in [0.2, 0.25) is 0 Å². The van der Waals surface area contributed by atoms with Crippen LogP contribution in [0.15, 0.2) is 45.8 Å². The molecule has 0 atom stereocenters. The van der Waals surface area contributed by atoms with E-state index in [0.717, 1.165) is 6.42 Å². The van der Waals surface area contributed by atoms with Crippen LogP contribution in [0.5, 0.6) is 11.5 Å². The summed E-state index contributed by atoms with van der Waals surface area (Å²) in [5, 5.41) is 2.62. The molecule has 0 spiro atoms. The number of amides is 1. The van der Waals surface area contributed by atoms with Gasteiger partial charge in [0.25, 0.3) is 10.0 Å². The molecule has 0 bridgehead atoms. The molecule has 2 aromatic carbocycles. The third kappa shape index (κ3) is 6.34. The molecule has 0 aliphatic carbocycles. The Labute approximate surface area is 178 Å². The molecule has 0 aliphatic rings. The Hall–Kier alpha value is -2.30. The first-order valence-corrected chi connectivity index (χ1v) is 11.0. The van der Waals surface area contributed by atoms with Crippen molar-refractivity contribution in [1.29, 1.82) is 0 Å². The van der Waals surface area contributed by atoms with Gasteiger partial charge in [-0.25, -0.2) is 8.42 Å². The number of ether oxygens (including phenoxy) is 3. The van der Waals surface area contributed by atoms with Crippen LogP contribution in [0.4, 0.5) is 11.4 Å². The molecule has 2 N–H and O–H groups in total. The van der Waals surface area contributed by atoms with Gasteiger partial charge in [0, 0.05) is 12.3 Å². The van der Waals surface area contributed by atoms with E-state index in [1.165, 1.54) is 26.4 Å². The summed E-state index contributed by atoms with van der Waals surface area (Å²) in [4.78, 5) is 11.8. The van der Waals surface area contributed by atoms with E-state index < -0.39 is 10.0 Å². The minimum absolute atomic E-state index is 0.111.